The summed E-state index contributed by atoms with van der Waals surface area (Å²) >= 11 is 5.83. The molecule has 0 amide bonds. The zero-order valence-corrected chi connectivity index (χ0v) is 17.8. The second-order valence-corrected chi connectivity index (χ2v) is 8.72. The molecule has 0 aromatic heterocycles. The Morgan fingerprint density at radius 3 is 2.11 bits per heavy atom. The number of hydrogen-bond acceptors (Lipinski definition) is 1. The van der Waals surface area contributed by atoms with Crippen molar-refractivity contribution >= 4 is 17.9 Å². The first-order chi connectivity index (χ1) is 13.7. The fourth-order valence-corrected chi connectivity index (χ4v) is 4.87. The highest BCUT2D eigenvalue weighted by molar-refractivity contribution is 6.17. The van der Waals surface area contributed by atoms with Gasteiger partial charge in [-0.25, -0.2) is 0 Å². The summed E-state index contributed by atoms with van der Waals surface area (Å²) in [5, 5.41) is 0. The first-order valence-corrected chi connectivity index (χ1v) is 11.5. The van der Waals surface area contributed by atoms with E-state index >= 15 is 0 Å². The summed E-state index contributed by atoms with van der Waals surface area (Å²) in [5.41, 5.74) is 5.03. The van der Waals surface area contributed by atoms with Crippen LogP contribution in [0.2, 0.25) is 0 Å². The van der Waals surface area contributed by atoms with Gasteiger partial charge in [0.25, 0.3) is 0 Å². The summed E-state index contributed by atoms with van der Waals surface area (Å²) in [6.45, 7) is 2.21. The molecular formula is C26H33ClO. The van der Waals surface area contributed by atoms with Gasteiger partial charge in [-0.05, 0) is 66.2 Å². The van der Waals surface area contributed by atoms with E-state index in [1.165, 1.54) is 54.2 Å². The van der Waals surface area contributed by atoms with Gasteiger partial charge in [0.2, 0.25) is 0 Å². The van der Waals surface area contributed by atoms with Gasteiger partial charge in [0, 0.05) is 11.8 Å². The summed E-state index contributed by atoms with van der Waals surface area (Å²) in [6.07, 6.45) is 10.7. The van der Waals surface area contributed by atoms with Crippen LogP contribution in [-0.4, -0.2) is 12.2 Å². The number of hydrogen-bond donors (Lipinski definition) is 0. The van der Waals surface area contributed by atoms with Crippen LogP contribution >= 0.6 is 11.6 Å². The Morgan fingerprint density at radius 2 is 1.57 bits per heavy atom. The van der Waals surface area contributed by atoms with Crippen LogP contribution in [0.3, 0.4) is 0 Å². The van der Waals surface area contributed by atoms with E-state index in [2.05, 4.69) is 55.5 Å². The number of carbonyl (C=O) groups excluding carboxylic acids is 1. The first-order valence-electron chi connectivity index (χ1n) is 11.0. The van der Waals surface area contributed by atoms with Crippen molar-refractivity contribution in [3.63, 3.8) is 0 Å². The highest BCUT2D eigenvalue weighted by Gasteiger charge is 2.28. The molecule has 2 aromatic rings. The van der Waals surface area contributed by atoms with Crippen LogP contribution in [0.1, 0.15) is 68.9 Å². The van der Waals surface area contributed by atoms with Gasteiger partial charge in [-0.3, -0.25) is 0 Å². The van der Waals surface area contributed by atoms with Gasteiger partial charge in [0.1, 0.15) is 6.29 Å². The molecule has 0 radical (unpaired) electrons. The molecule has 1 nitrogen and oxygen atoms in total. The van der Waals surface area contributed by atoms with E-state index in [1.54, 1.807) is 0 Å². The largest absolute Gasteiger partial charge is 0.303 e. The number of rotatable bonds is 9. The number of carbonyl (C=O) groups is 1. The maximum absolute atomic E-state index is 11.9. The van der Waals surface area contributed by atoms with Crippen LogP contribution in [0.15, 0.2) is 48.5 Å². The standard InChI is InChI=1S/C26H33ClO/c1-2-4-20-6-10-22(11-7-20)23-14-16-25(17-15-23)26(19-28)24-12-8-21(9-13-24)5-3-18-27/h6-7,10-11,14-17,19,21,24,26H,2-5,8-9,12-13,18H2,1H3. The summed E-state index contributed by atoms with van der Waals surface area (Å²) in [6, 6.07) is 17.5. The number of aldehydes is 1. The molecule has 150 valence electrons. The van der Waals surface area contributed by atoms with E-state index < -0.39 is 0 Å². The quantitative estimate of drug-likeness (QED) is 0.318. The van der Waals surface area contributed by atoms with Crippen molar-refractivity contribution in [1.29, 1.82) is 0 Å². The molecular weight excluding hydrogens is 364 g/mol. The second-order valence-electron chi connectivity index (χ2n) is 8.34. The van der Waals surface area contributed by atoms with Crippen LogP contribution in [0, 0.1) is 11.8 Å². The van der Waals surface area contributed by atoms with Gasteiger partial charge in [-0.15, -0.1) is 11.6 Å². The Hall–Kier alpha value is -1.60. The van der Waals surface area contributed by atoms with Gasteiger partial charge in [0.05, 0.1) is 0 Å². The molecule has 0 spiro atoms. The maximum Gasteiger partial charge on any atom is 0.127 e. The molecule has 3 rings (SSSR count). The Bertz CT molecular complexity index is 711. The average molecular weight is 397 g/mol. The molecule has 0 aliphatic heterocycles. The van der Waals surface area contributed by atoms with Crippen molar-refractivity contribution in [2.45, 2.75) is 64.2 Å². The van der Waals surface area contributed by atoms with E-state index in [0.717, 1.165) is 37.5 Å². The minimum absolute atomic E-state index is 0.0370. The fourth-order valence-electron chi connectivity index (χ4n) is 4.71. The van der Waals surface area contributed by atoms with Crippen molar-refractivity contribution in [1.82, 2.24) is 0 Å². The van der Waals surface area contributed by atoms with Crippen LogP contribution in [-0.2, 0) is 11.2 Å². The van der Waals surface area contributed by atoms with Crippen molar-refractivity contribution in [2.75, 3.05) is 5.88 Å². The van der Waals surface area contributed by atoms with Gasteiger partial charge in [0.15, 0.2) is 0 Å². The van der Waals surface area contributed by atoms with Gasteiger partial charge in [-0.1, -0.05) is 74.7 Å². The number of alkyl halides is 1. The highest BCUT2D eigenvalue weighted by atomic mass is 35.5. The lowest BCUT2D eigenvalue weighted by Gasteiger charge is -2.32. The third-order valence-electron chi connectivity index (χ3n) is 6.41. The summed E-state index contributed by atoms with van der Waals surface area (Å²) in [4.78, 5) is 11.9. The number of benzene rings is 2. The second kappa shape index (κ2) is 10.8. The Morgan fingerprint density at radius 1 is 0.964 bits per heavy atom. The van der Waals surface area contributed by atoms with Crippen LogP contribution in [0.25, 0.3) is 11.1 Å². The summed E-state index contributed by atoms with van der Waals surface area (Å²) in [5.74, 6) is 2.10. The summed E-state index contributed by atoms with van der Waals surface area (Å²) in [7, 11) is 0. The minimum Gasteiger partial charge on any atom is -0.303 e. The molecule has 1 atom stereocenters. The van der Waals surface area contributed by atoms with Gasteiger partial charge in [-0.2, -0.15) is 0 Å². The monoisotopic (exact) mass is 396 g/mol. The maximum atomic E-state index is 11.9. The van der Waals surface area contributed by atoms with E-state index in [-0.39, 0.29) is 5.92 Å². The molecule has 2 heteroatoms. The van der Waals surface area contributed by atoms with Crippen molar-refractivity contribution < 1.29 is 4.79 Å². The smallest absolute Gasteiger partial charge is 0.127 e. The van der Waals surface area contributed by atoms with Crippen LogP contribution < -0.4 is 0 Å². The number of aryl methyl sites for hydroxylation is 1. The first kappa shape index (κ1) is 21.1. The van der Waals surface area contributed by atoms with Crippen LogP contribution in [0.4, 0.5) is 0 Å². The van der Waals surface area contributed by atoms with E-state index in [9.17, 15) is 4.79 Å². The zero-order chi connectivity index (χ0) is 19.8. The fraction of sp³-hybridized carbons (Fsp3) is 0.500. The van der Waals surface area contributed by atoms with Gasteiger partial charge < -0.3 is 4.79 Å². The molecule has 2 aromatic carbocycles. The lowest BCUT2D eigenvalue weighted by molar-refractivity contribution is -0.110. The molecule has 0 saturated heterocycles. The normalized spacial score (nSPS) is 20.6. The van der Waals surface area contributed by atoms with E-state index in [4.69, 9.17) is 11.6 Å². The Balaban J connectivity index is 1.63. The lowest BCUT2D eigenvalue weighted by Crippen LogP contribution is -2.21. The third kappa shape index (κ3) is 5.47. The predicted molar refractivity (Wildman–Crippen MR) is 120 cm³/mol. The minimum atomic E-state index is 0.0370. The SMILES string of the molecule is CCCc1ccc(-c2ccc(C(C=O)C3CCC(CCCCl)CC3)cc2)cc1. The van der Waals surface area contributed by atoms with Gasteiger partial charge >= 0.3 is 0 Å². The molecule has 1 unspecified atom stereocenters. The molecule has 1 saturated carbocycles. The molecule has 28 heavy (non-hydrogen) atoms. The molecule has 1 fully saturated rings. The summed E-state index contributed by atoms with van der Waals surface area (Å²) < 4.78 is 0. The molecule has 0 N–H and O–H groups in total. The third-order valence-corrected chi connectivity index (χ3v) is 6.68. The van der Waals surface area contributed by atoms with Crippen molar-refractivity contribution in [3.8, 4) is 11.1 Å². The van der Waals surface area contributed by atoms with E-state index in [1.807, 2.05) is 0 Å². The molecule has 0 bridgehead atoms. The average Bonchev–Trinajstić information content (AvgIpc) is 2.75. The van der Waals surface area contributed by atoms with Crippen molar-refractivity contribution in [3.05, 3.63) is 59.7 Å². The highest BCUT2D eigenvalue weighted by Crippen LogP contribution is 2.39. The Labute approximate surface area is 175 Å². The topological polar surface area (TPSA) is 17.1 Å². The number of halogens is 1. The molecule has 1 aliphatic rings. The van der Waals surface area contributed by atoms with Crippen molar-refractivity contribution in [2.24, 2.45) is 11.8 Å². The molecule has 0 heterocycles. The Kier molecular flexibility index (Phi) is 8.15. The lowest BCUT2D eigenvalue weighted by atomic mass is 9.73. The van der Waals surface area contributed by atoms with Crippen LogP contribution in [0.5, 0.6) is 0 Å². The zero-order valence-electron chi connectivity index (χ0n) is 17.1. The molecule has 1 aliphatic carbocycles. The van der Waals surface area contributed by atoms with E-state index in [0.29, 0.717) is 5.92 Å². The predicted octanol–water partition coefficient (Wildman–Crippen LogP) is 7.41.